The van der Waals surface area contributed by atoms with Crippen molar-refractivity contribution < 1.29 is 0 Å². The van der Waals surface area contributed by atoms with Crippen LogP contribution in [0.25, 0.3) is 21.7 Å². The lowest BCUT2D eigenvalue weighted by atomic mass is 10.1. The summed E-state index contributed by atoms with van der Waals surface area (Å²) in [4.78, 5) is 4.53. The fraction of sp³-hybridized carbons (Fsp3) is 0.0625. The van der Waals surface area contributed by atoms with E-state index in [0.29, 0.717) is 6.54 Å². The van der Waals surface area contributed by atoms with E-state index in [4.69, 9.17) is 6.42 Å². The summed E-state index contributed by atoms with van der Waals surface area (Å²) in [6, 6.07) is 14.5. The van der Waals surface area contributed by atoms with Crippen LogP contribution in [0, 0.1) is 12.3 Å². The molecule has 0 aliphatic heterocycles. The maximum Gasteiger partial charge on any atom is 0.0781 e. The lowest BCUT2D eigenvalue weighted by molar-refractivity contribution is 1.33. The number of hydrogen-bond donors (Lipinski definition) is 1. The minimum atomic E-state index is 0.515. The molecule has 0 saturated heterocycles. The molecule has 2 aromatic carbocycles. The van der Waals surface area contributed by atoms with Crippen molar-refractivity contribution in [3.8, 4) is 12.3 Å². The van der Waals surface area contributed by atoms with Gasteiger partial charge in [0.05, 0.1) is 23.9 Å². The fourth-order valence-electron chi connectivity index (χ4n) is 2.12. The van der Waals surface area contributed by atoms with Crippen molar-refractivity contribution in [1.82, 2.24) is 4.98 Å². The van der Waals surface area contributed by atoms with Gasteiger partial charge in [-0.15, -0.1) is 6.42 Å². The van der Waals surface area contributed by atoms with E-state index in [2.05, 4.69) is 46.6 Å². The van der Waals surface area contributed by atoms with E-state index < -0.39 is 0 Å². The molecule has 3 aromatic rings. The topological polar surface area (TPSA) is 24.9 Å². The van der Waals surface area contributed by atoms with Crippen LogP contribution in [0.5, 0.6) is 0 Å². The van der Waals surface area contributed by atoms with Gasteiger partial charge in [0.15, 0.2) is 0 Å². The van der Waals surface area contributed by atoms with Crippen molar-refractivity contribution in [3.63, 3.8) is 0 Å². The number of rotatable bonds is 2. The highest BCUT2D eigenvalue weighted by molar-refractivity contribution is 6.05. The summed E-state index contributed by atoms with van der Waals surface area (Å²) in [5, 5.41) is 6.65. The van der Waals surface area contributed by atoms with Gasteiger partial charge in [-0.25, -0.2) is 0 Å². The Hall–Kier alpha value is -2.53. The smallest absolute Gasteiger partial charge is 0.0781 e. The van der Waals surface area contributed by atoms with E-state index in [1.807, 2.05) is 18.3 Å². The average molecular weight is 232 g/mol. The summed E-state index contributed by atoms with van der Waals surface area (Å²) in [5.74, 6) is 2.55. The summed E-state index contributed by atoms with van der Waals surface area (Å²) in [6.07, 6.45) is 7.06. The molecule has 0 amide bonds. The van der Waals surface area contributed by atoms with Crippen LogP contribution < -0.4 is 5.32 Å². The first-order chi connectivity index (χ1) is 8.88. The number of anilines is 1. The zero-order chi connectivity index (χ0) is 12.4. The summed E-state index contributed by atoms with van der Waals surface area (Å²) in [5.41, 5.74) is 1.98. The minimum absolute atomic E-state index is 0.515. The van der Waals surface area contributed by atoms with E-state index in [1.54, 1.807) is 0 Å². The Kier molecular flexibility index (Phi) is 2.59. The summed E-state index contributed by atoms with van der Waals surface area (Å²) >= 11 is 0. The molecule has 2 nitrogen and oxygen atoms in total. The van der Waals surface area contributed by atoms with Crippen molar-refractivity contribution >= 4 is 27.4 Å². The molecule has 1 heterocycles. The highest BCUT2D eigenvalue weighted by Crippen LogP contribution is 2.25. The number of aromatic nitrogens is 1. The first-order valence-corrected chi connectivity index (χ1v) is 5.83. The molecule has 0 radical (unpaired) electrons. The summed E-state index contributed by atoms with van der Waals surface area (Å²) in [7, 11) is 0. The Morgan fingerprint density at radius 3 is 2.83 bits per heavy atom. The molecule has 0 aliphatic carbocycles. The molecule has 1 aromatic heterocycles. The number of benzene rings is 2. The van der Waals surface area contributed by atoms with Crippen molar-refractivity contribution in [2.45, 2.75) is 0 Å². The van der Waals surface area contributed by atoms with Gasteiger partial charge in [-0.2, -0.15) is 0 Å². The summed E-state index contributed by atoms with van der Waals surface area (Å²) in [6.45, 7) is 0.515. The monoisotopic (exact) mass is 232 g/mol. The minimum Gasteiger partial charge on any atom is -0.373 e. The zero-order valence-electron chi connectivity index (χ0n) is 9.85. The van der Waals surface area contributed by atoms with Gasteiger partial charge in [0.25, 0.3) is 0 Å². The van der Waals surface area contributed by atoms with Crippen LogP contribution in [0.4, 0.5) is 5.69 Å². The molecular weight excluding hydrogens is 220 g/mol. The Balaban J connectivity index is 2.19. The molecule has 2 heteroatoms. The van der Waals surface area contributed by atoms with E-state index in [1.165, 1.54) is 10.8 Å². The third-order valence-electron chi connectivity index (χ3n) is 2.97. The van der Waals surface area contributed by atoms with Gasteiger partial charge in [-0.05, 0) is 11.5 Å². The Morgan fingerprint density at radius 2 is 1.94 bits per heavy atom. The number of nitrogens with zero attached hydrogens (tertiary/aromatic N) is 1. The van der Waals surface area contributed by atoms with Crippen molar-refractivity contribution in [2.75, 3.05) is 11.9 Å². The average Bonchev–Trinajstić information content (AvgIpc) is 2.44. The quantitative estimate of drug-likeness (QED) is 0.541. The highest BCUT2D eigenvalue weighted by atomic mass is 14.9. The van der Waals surface area contributed by atoms with Crippen LogP contribution in [0.3, 0.4) is 0 Å². The SMILES string of the molecule is C#CCNc1cnc2c(ccc3ccccc32)c1. The molecule has 0 fully saturated rings. The molecule has 0 aliphatic rings. The molecule has 0 unspecified atom stereocenters. The van der Waals surface area contributed by atoms with E-state index in [-0.39, 0.29) is 0 Å². The lowest BCUT2D eigenvalue weighted by Gasteiger charge is -2.06. The molecule has 18 heavy (non-hydrogen) atoms. The molecule has 0 bridgehead atoms. The first kappa shape index (κ1) is 10.6. The number of terminal acetylenes is 1. The third kappa shape index (κ3) is 1.76. The van der Waals surface area contributed by atoms with Crippen LogP contribution in [-0.4, -0.2) is 11.5 Å². The van der Waals surface area contributed by atoms with E-state index in [9.17, 15) is 0 Å². The van der Waals surface area contributed by atoms with Crippen LogP contribution in [0.1, 0.15) is 0 Å². The zero-order valence-corrected chi connectivity index (χ0v) is 9.85. The number of pyridine rings is 1. The molecule has 3 rings (SSSR count). The van der Waals surface area contributed by atoms with Crippen LogP contribution in [0.15, 0.2) is 48.7 Å². The number of fused-ring (bicyclic) bond motifs is 3. The van der Waals surface area contributed by atoms with Crippen LogP contribution in [0.2, 0.25) is 0 Å². The fourth-order valence-corrected chi connectivity index (χ4v) is 2.12. The second kappa shape index (κ2) is 4.38. The lowest BCUT2D eigenvalue weighted by Crippen LogP contribution is -1.98. The largest absolute Gasteiger partial charge is 0.373 e. The standard InChI is InChI=1S/C16H12N2/c1-2-9-17-14-10-13-8-7-12-5-3-4-6-15(12)16(13)18-11-14/h1,3-8,10-11,17H,9H2. The van der Waals surface area contributed by atoms with Gasteiger partial charge in [-0.3, -0.25) is 4.98 Å². The van der Waals surface area contributed by atoms with Gasteiger partial charge < -0.3 is 5.32 Å². The highest BCUT2D eigenvalue weighted by Gasteiger charge is 2.02. The normalized spacial score (nSPS) is 10.4. The Bertz CT molecular complexity index is 754. The van der Waals surface area contributed by atoms with E-state index >= 15 is 0 Å². The maximum absolute atomic E-state index is 5.23. The Labute approximate surface area is 106 Å². The van der Waals surface area contributed by atoms with E-state index in [0.717, 1.165) is 16.6 Å². The molecule has 0 saturated carbocycles. The predicted molar refractivity (Wildman–Crippen MR) is 76.6 cm³/mol. The molecule has 0 atom stereocenters. The Morgan fingerprint density at radius 1 is 1.11 bits per heavy atom. The van der Waals surface area contributed by atoms with Crippen molar-refractivity contribution in [3.05, 3.63) is 48.7 Å². The van der Waals surface area contributed by atoms with Gasteiger partial charge in [0.2, 0.25) is 0 Å². The van der Waals surface area contributed by atoms with Crippen molar-refractivity contribution in [1.29, 1.82) is 0 Å². The molecular formula is C16H12N2. The summed E-state index contributed by atoms with van der Waals surface area (Å²) < 4.78 is 0. The second-order valence-corrected chi connectivity index (χ2v) is 4.14. The molecule has 0 spiro atoms. The molecule has 1 N–H and O–H groups in total. The number of nitrogens with one attached hydrogen (secondary N) is 1. The van der Waals surface area contributed by atoms with Crippen LogP contribution >= 0.6 is 0 Å². The van der Waals surface area contributed by atoms with Crippen molar-refractivity contribution in [2.24, 2.45) is 0 Å². The molecule has 86 valence electrons. The third-order valence-corrected chi connectivity index (χ3v) is 2.97. The maximum atomic E-state index is 5.23. The van der Waals surface area contributed by atoms with Gasteiger partial charge in [0.1, 0.15) is 0 Å². The van der Waals surface area contributed by atoms with Gasteiger partial charge in [-0.1, -0.05) is 42.3 Å². The predicted octanol–water partition coefficient (Wildman–Crippen LogP) is 3.43. The second-order valence-electron chi connectivity index (χ2n) is 4.14. The van der Waals surface area contributed by atoms with Gasteiger partial charge in [0, 0.05) is 10.8 Å². The number of hydrogen-bond acceptors (Lipinski definition) is 2. The van der Waals surface area contributed by atoms with Gasteiger partial charge >= 0.3 is 0 Å². The first-order valence-electron chi connectivity index (χ1n) is 5.83. The van der Waals surface area contributed by atoms with Crippen LogP contribution in [-0.2, 0) is 0 Å².